The predicted octanol–water partition coefficient (Wildman–Crippen LogP) is 0.931. The highest BCUT2D eigenvalue weighted by molar-refractivity contribution is 7.11. The number of aromatic nitrogens is 4. The van der Waals surface area contributed by atoms with Crippen LogP contribution in [0.4, 0.5) is 0 Å². The molecule has 2 aromatic heterocycles. The van der Waals surface area contributed by atoms with E-state index in [0.717, 1.165) is 6.42 Å². The van der Waals surface area contributed by atoms with Crippen molar-refractivity contribution < 1.29 is 4.79 Å². The van der Waals surface area contributed by atoms with E-state index in [2.05, 4.69) is 45.0 Å². The van der Waals surface area contributed by atoms with Crippen molar-refractivity contribution in [2.45, 2.75) is 26.3 Å². The number of aromatic amines is 1. The molecule has 1 amide bonds. The summed E-state index contributed by atoms with van der Waals surface area (Å²) in [6.45, 7) is 4.02. The normalized spacial score (nSPS) is 12.4. The van der Waals surface area contributed by atoms with Crippen LogP contribution < -0.4 is 5.32 Å². The molecular formula is C10H13N5OS. The second kappa shape index (κ2) is 5.05. The SMILES string of the molecule is Cc1ccc(CC(C)NC(=O)c2nn[nH]n2)s1. The molecule has 17 heavy (non-hydrogen) atoms. The van der Waals surface area contributed by atoms with Crippen LogP contribution in [-0.4, -0.2) is 32.6 Å². The van der Waals surface area contributed by atoms with Gasteiger partial charge in [-0.3, -0.25) is 4.79 Å². The molecule has 0 aliphatic rings. The molecule has 0 saturated heterocycles. The Morgan fingerprint density at radius 1 is 1.59 bits per heavy atom. The number of aryl methyl sites for hydroxylation is 1. The zero-order valence-corrected chi connectivity index (χ0v) is 10.4. The molecule has 6 nitrogen and oxygen atoms in total. The Morgan fingerprint density at radius 2 is 2.41 bits per heavy atom. The number of amides is 1. The molecule has 0 aliphatic heterocycles. The van der Waals surface area contributed by atoms with Crippen molar-refractivity contribution in [2.24, 2.45) is 0 Å². The van der Waals surface area contributed by atoms with Crippen molar-refractivity contribution in [1.29, 1.82) is 0 Å². The van der Waals surface area contributed by atoms with Gasteiger partial charge in [0.25, 0.3) is 11.7 Å². The first-order chi connectivity index (χ1) is 8.15. The maximum absolute atomic E-state index is 11.6. The van der Waals surface area contributed by atoms with Crippen molar-refractivity contribution in [3.63, 3.8) is 0 Å². The third-order valence-corrected chi connectivity index (χ3v) is 3.25. The van der Waals surface area contributed by atoms with E-state index in [4.69, 9.17) is 0 Å². The van der Waals surface area contributed by atoms with Crippen molar-refractivity contribution in [1.82, 2.24) is 25.9 Å². The van der Waals surface area contributed by atoms with Gasteiger partial charge in [-0.2, -0.15) is 5.21 Å². The van der Waals surface area contributed by atoms with Crippen LogP contribution in [0.2, 0.25) is 0 Å². The summed E-state index contributed by atoms with van der Waals surface area (Å²) in [6, 6.07) is 4.20. The number of carbonyl (C=O) groups is 1. The van der Waals surface area contributed by atoms with Crippen molar-refractivity contribution in [3.8, 4) is 0 Å². The summed E-state index contributed by atoms with van der Waals surface area (Å²) in [4.78, 5) is 14.1. The number of hydrogen-bond donors (Lipinski definition) is 2. The Morgan fingerprint density at radius 3 is 3.00 bits per heavy atom. The fourth-order valence-electron chi connectivity index (χ4n) is 1.49. The third-order valence-electron chi connectivity index (χ3n) is 2.23. The lowest BCUT2D eigenvalue weighted by atomic mass is 10.2. The summed E-state index contributed by atoms with van der Waals surface area (Å²) < 4.78 is 0. The first-order valence-electron chi connectivity index (χ1n) is 5.25. The van der Waals surface area contributed by atoms with Crippen molar-refractivity contribution >= 4 is 17.2 Å². The quantitative estimate of drug-likeness (QED) is 0.846. The highest BCUT2D eigenvalue weighted by atomic mass is 32.1. The van der Waals surface area contributed by atoms with Gasteiger partial charge in [-0.05, 0) is 31.2 Å². The molecule has 0 radical (unpaired) electrons. The number of hydrogen-bond acceptors (Lipinski definition) is 5. The molecule has 2 N–H and O–H groups in total. The second-order valence-corrected chi connectivity index (χ2v) is 5.20. The van der Waals surface area contributed by atoms with Crippen LogP contribution in [0.3, 0.4) is 0 Å². The van der Waals surface area contributed by atoms with Gasteiger partial charge >= 0.3 is 0 Å². The molecule has 0 bridgehead atoms. The second-order valence-electron chi connectivity index (χ2n) is 3.83. The standard InChI is InChI=1S/C10H13N5OS/c1-6(5-8-4-3-7(2)17-8)11-10(16)9-12-14-15-13-9/h3-4,6H,5H2,1-2H3,(H,11,16)(H,12,13,14,15). The number of H-pyrrole nitrogens is 1. The zero-order valence-electron chi connectivity index (χ0n) is 9.60. The molecule has 0 saturated carbocycles. The van der Waals surface area contributed by atoms with E-state index in [-0.39, 0.29) is 17.8 Å². The molecule has 0 aromatic carbocycles. The first-order valence-corrected chi connectivity index (χ1v) is 6.06. The molecular weight excluding hydrogens is 238 g/mol. The smallest absolute Gasteiger partial charge is 0.293 e. The molecule has 0 fully saturated rings. The van der Waals surface area contributed by atoms with Gasteiger partial charge in [-0.25, -0.2) is 0 Å². The lowest BCUT2D eigenvalue weighted by Crippen LogP contribution is -2.34. The van der Waals surface area contributed by atoms with Crippen molar-refractivity contribution in [3.05, 3.63) is 27.7 Å². The summed E-state index contributed by atoms with van der Waals surface area (Å²) in [6.07, 6.45) is 0.808. The Labute approximate surface area is 102 Å². The minimum absolute atomic E-state index is 0.0408. The van der Waals surface area contributed by atoms with Gasteiger partial charge in [0, 0.05) is 22.2 Å². The van der Waals surface area contributed by atoms with E-state index >= 15 is 0 Å². The average molecular weight is 251 g/mol. The molecule has 0 aliphatic carbocycles. The first kappa shape index (κ1) is 11.7. The molecule has 2 heterocycles. The molecule has 1 atom stereocenters. The molecule has 0 spiro atoms. The highest BCUT2D eigenvalue weighted by Gasteiger charge is 2.14. The Bertz CT molecular complexity index is 493. The van der Waals surface area contributed by atoms with Gasteiger partial charge in [-0.1, -0.05) is 0 Å². The average Bonchev–Trinajstić information content (AvgIpc) is 2.89. The lowest BCUT2D eigenvalue weighted by Gasteiger charge is -2.10. The van der Waals surface area contributed by atoms with Gasteiger partial charge < -0.3 is 5.32 Å². The fraction of sp³-hybridized carbons (Fsp3) is 0.400. The van der Waals surface area contributed by atoms with E-state index < -0.39 is 0 Å². The molecule has 90 valence electrons. The van der Waals surface area contributed by atoms with E-state index in [1.165, 1.54) is 9.75 Å². The van der Waals surface area contributed by atoms with Gasteiger partial charge in [0.05, 0.1) is 0 Å². The minimum atomic E-state index is -0.306. The molecule has 1 unspecified atom stereocenters. The van der Waals surface area contributed by atoms with Crippen LogP contribution in [0.25, 0.3) is 0 Å². The molecule has 2 rings (SSSR count). The predicted molar refractivity (Wildman–Crippen MR) is 63.9 cm³/mol. The Hall–Kier alpha value is -1.76. The Balaban J connectivity index is 1.89. The van der Waals surface area contributed by atoms with Gasteiger partial charge in [0.15, 0.2) is 0 Å². The minimum Gasteiger partial charge on any atom is -0.346 e. The van der Waals surface area contributed by atoms with Crippen LogP contribution in [0.1, 0.15) is 27.3 Å². The summed E-state index contributed by atoms with van der Waals surface area (Å²) in [7, 11) is 0. The monoisotopic (exact) mass is 251 g/mol. The van der Waals surface area contributed by atoms with Crippen molar-refractivity contribution in [2.75, 3.05) is 0 Å². The number of nitrogens with one attached hydrogen (secondary N) is 2. The maximum Gasteiger partial charge on any atom is 0.293 e. The van der Waals surface area contributed by atoms with Crippen LogP contribution in [-0.2, 0) is 6.42 Å². The van der Waals surface area contributed by atoms with Crippen LogP contribution in [0, 0.1) is 6.92 Å². The van der Waals surface area contributed by atoms with Crippen LogP contribution in [0.5, 0.6) is 0 Å². The topological polar surface area (TPSA) is 83.6 Å². The number of tetrazole rings is 1. The summed E-state index contributed by atoms with van der Waals surface area (Å²) in [5.74, 6) is -0.237. The molecule has 2 aromatic rings. The summed E-state index contributed by atoms with van der Waals surface area (Å²) in [5, 5.41) is 15.7. The van der Waals surface area contributed by atoms with Crippen LogP contribution >= 0.6 is 11.3 Å². The number of nitrogens with zero attached hydrogens (tertiary/aromatic N) is 3. The lowest BCUT2D eigenvalue weighted by molar-refractivity contribution is 0.0930. The molecule has 7 heteroatoms. The number of thiophene rings is 1. The summed E-state index contributed by atoms with van der Waals surface area (Å²) >= 11 is 1.74. The Kier molecular flexibility index (Phi) is 3.48. The third kappa shape index (κ3) is 3.10. The highest BCUT2D eigenvalue weighted by Crippen LogP contribution is 2.16. The van der Waals surface area contributed by atoms with E-state index in [9.17, 15) is 4.79 Å². The van der Waals surface area contributed by atoms with E-state index in [1.807, 2.05) is 6.92 Å². The van der Waals surface area contributed by atoms with Crippen LogP contribution in [0.15, 0.2) is 12.1 Å². The maximum atomic E-state index is 11.6. The van der Waals surface area contributed by atoms with Gasteiger partial charge in [0.1, 0.15) is 0 Å². The number of carbonyl (C=O) groups excluding carboxylic acids is 1. The summed E-state index contributed by atoms with van der Waals surface area (Å²) in [5.41, 5.74) is 0. The zero-order chi connectivity index (χ0) is 12.3. The van der Waals surface area contributed by atoms with E-state index in [0.29, 0.717) is 0 Å². The fourth-order valence-corrected chi connectivity index (χ4v) is 2.51. The largest absolute Gasteiger partial charge is 0.346 e. The van der Waals surface area contributed by atoms with Gasteiger partial charge in [-0.15, -0.1) is 21.5 Å². The number of rotatable bonds is 4. The van der Waals surface area contributed by atoms with Gasteiger partial charge in [0.2, 0.25) is 0 Å². The van der Waals surface area contributed by atoms with E-state index in [1.54, 1.807) is 11.3 Å².